The van der Waals surface area contributed by atoms with Crippen molar-refractivity contribution in [2.45, 2.75) is 45.1 Å². The second-order valence-corrected chi connectivity index (χ2v) is 7.71. The van der Waals surface area contributed by atoms with Gasteiger partial charge in [-0.25, -0.2) is 8.42 Å². The summed E-state index contributed by atoms with van der Waals surface area (Å²) in [6.45, 7) is 3.84. The molecule has 0 radical (unpaired) electrons. The molecule has 1 rings (SSSR count). The Balaban J connectivity index is 2.23. The highest BCUT2D eigenvalue weighted by Crippen LogP contribution is 2.16. The molecule has 1 aliphatic heterocycles. The van der Waals surface area contributed by atoms with E-state index in [4.69, 9.17) is 20.2 Å². The van der Waals surface area contributed by atoms with Crippen LogP contribution in [0.3, 0.4) is 0 Å². The van der Waals surface area contributed by atoms with Crippen LogP contribution in [0, 0.1) is 5.92 Å². The molecule has 0 spiro atoms. The molecule has 0 aromatic rings. The molecule has 2 atom stereocenters. The molecule has 1 saturated heterocycles. The maximum atomic E-state index is 11.1. The third kappa shape index (κ3) is 7.56. The summed E-state index contributed by atoms with van der Waals surface area (Å²) in [7, 11) is 1.84. The Morgan fingerprint density at radius 1 is 1.44 bits per heavy atom. The van der Waals surface area contributed by atoms with E-state index in [1.54, 1.807) is 0 Å². The van der Waals surface area contributed by atoms with Crippen molar-refractivity contribution < 1.29 is 17.9 Å². The third-order valence-electron chi connectivity index (χ3n) is 3.06. The number of halogens is 1. The van der Waals surface area contributed by atoms with Crippen LogP contribution in [0.4, 0.5) is 0 Å². The van der Waals surface area contributed by atoms with Gasteiger partial charge in [0.2, 0.25) is 9.05 Å². The zero-order valence-corrected chi connectivity index (χ0v) is 12.5. The molecule has 0 aromatic heterocycles. The van der Waals surface area contributed by atoms with Crippen LogP contribution in [0.2, 0.25) is 0 Å². The van der Waals surface area contributed by atoms with E-state index in [2.05, 4.69) is 0 Å². The average molecular weight is 299 g/mol. The van der Waals surface area contributed by atoms with Crippen molar-refractivity contribution in [3.05, 3.63) is 0 Å². The average Bonchev–Trinajstić information content (AvgIpc) is 2.28. The van der Waals surface area contributed by atoms with Gasteiger partial charge >= 0.3 is 0 Å². The summed E-state index contributed by atoms with van der Waals surface area (Å²) in [6, 6.07) is 0. The summed E-state index contributed by atoms with van der Waals surface area (Å²) in [5.41, 5.74) is 0. The SMILES string of the molecule is CCCC(COCC1CCCCO1)CS(=O)(=O)Cl. The minimum atomic E-state index is -3.44. The predicted molar refractivity (Wildman–Crippen MR) is 72.4 cm³/mol. The molecule has 6 heteroatoms. The summed E-state index contributed by atoms with van der Waals surface area (Å²) in [6.07, 6.45) is 5.26. The maximum Gasteiger partial charge on any atom is 0.232 e. The number of rotatable bonds is 8. The van der Waals surface area contributed by atoms with E-state index in [1.165, 1.54) is 6.42 Å². The maximum absolute atomic E-state index is 11.1. The first-order chi connectivity index (χ1) is 8.51. The van der Waals surface area contributed by atoms with Crippen molar-refractivity contribution in [1.29, 1.82) is 0 Å². The van der Waals surface area contributed by atoms with Gasteiger partial charge in [-0.1, -0.05) is 13.3 Å². The van der Waals surface area contributed by atoms with Gasteiger partial charge in [-0.2, -0.15) is 0 Å². The molecule has 108 valence electrons. The normalized spacial score (nSPS) is 22.9. The molecule has 1 heterocycles. The van der Waals surface area contributed by atoms with Gasteiger partial charge in [0.05, 0.1) is 25.1 Å². The Kier molecular flexibility index (Phi) is 7.53. The topological polar surface area (TPSA) is 52.6 Å². The molecule has 0 aliphatic carbocycles. The lowest BCUT2D eigenvalue weighted by atomic mass is 10.1. The first kappa shape index (κ1) is 16.2. The summed E-state index contributed by atoms with van der Waals surface area (Å²) in [4.78, 5) is 0. The molecule has 1 aliphatic rings. The van der Waals surface area contributed by atoms with Crippen LogP contribution in [-0.2, 0) is 18.5 Å². The summed E-state index contributed by atoms with van der Waals surface area (Å²) in [5.74, 6) is -0.0189. The lowest BCUT2D eigenvalue weighted by Gasteiger charge is -2.23. The lowest BCUT2D eigenvalue weighted by Crippen LogP contribution is -2.26. The second-order valence-electron chi connectivity index (χ2n) is 4.89. The molecular weight excluding hydrogens is 276 g/mol. The molecule has 1 fully saturated rings. The van der Waals surface area contributed by atoms with Gasteiger partial charge in [0.15, 0.2) is 0 Å². The minimum Gasteiger partial charge on any atom is -0.378 e. The Hall–Kier alpha value is 0.160. The van der Waals surface area contributed by atoms with Gasteiger partial charge in [0.1, 0.15) is 0 Å². The van der Waals surface area contributed by atoms with Crippen LogP contribution in [0.1, 0.15) is 39.0 Å². The Bertz CT molecular complexity index is 312. The number of ether oxygens (including phenoxy) is 2. The summed E-state index contributed by atoms with van der Waals surface area (Å²) >= 11 is 0. The van der Waals surface area contributed by atoms with Gasteiger partial charge in [-0.05, 0) is 31.6 Å². The number of hydrogen-bond acceptors (Lipinski definition) is 4. The molecule has 0 N–H and O–H groups in total. The van der Waals surface area contributed by atoms with Gasteiger partial charge in [0, 0.05) is 17.3 Å². The Morgan fingerprint density at radius 2 is 2.22 bits per heavy atom. The van der Waals surface area contributed by atoms with Crippen molar-refractivity contribution >= 4 is 19.7 Å². The third-order valence-corrected chi connectivity index (χ3v) is 4.31. The Labute approximate surface area is 114 Å². The molecule has 0 saturated carbocycles. The Morgan fingerprint density at radius 3 is 2.78 bits per heavy atom. The quantitative estimate of drug-likeness (QED) is 0.646. The predicted octanol–water partition coefficient (Wildman–Crippen LogP) is 2.56. The summed E-state index contributed by atoms with van der Waals surface area (Å²) in [5, 5.41) is 0. The van der Waals surface area contributed by atoms with E-state index in [0.717, 1.165) is 32.3 Å². The van der Waals surface area contributed by atoms with Gasteiger partial charge < -0.3 is 9.47 Å². The van der Waals surface area contributed by atoms with E-state index < -0.39 is 9.05 Å². The monoisotopic (exact) mass is 298 g/mol. The van der Waals surface area contributed by atoms with Gasteiger partial charge in [-0.15, -0.1) is 0 Å². The van der Waals surface area contributed by atoms with Crippen molar-refractivity contribution in [2.75, 3.05) is 25.6 Å². The highest BCUT2D eigenvalue weighted by molar-refractivity contribution is 8.13. The fraction of sp³-hybridized carbons (Fsp3) is 1.00. The van der Waals surface area contributed by atoms with Crippen LogP contribution in [0.5, 0.6) is 0 Å². The van der Waals surface area contributed by atoms with Crippen molar-refractivity contribution in [3.63, 3.8) is 0 Å². The van der Waals surface area contributed by atoms with Crippen LogP contribution < -0.4 is 0 Å². The highest BCUT2D eigenvalue weighted by atomic mass is 35.7. The van der Waals surface area contributed by atoms with E-state index in [1.807, 2.05) is 6.92 Å². The van der Waals surface area contributed by atoms with Crippen molar-refractivity contribution in [3.8, 4) is 0 Å². The van der Waals surface area contributed by atoms with Crippen molar-refractivity contribution in [2.24, 2.45) is 5.92 Å². The molecule has 0 aromatic carbocycles. The first-order valence-electron chi connectivity index (χ1n) is 6.63. The summed E-state index contributed by atoms with van der Waals surface area (Å²) < 4.78 is 33.3. The lowest BCUT2D eigenvalue weighted by molar-refractivity contribution is -0.0460. The molecule has 18 heavy (non-hydrogen) atoms. The van der Waals surface area contributed by atoms with Gasteiger partial charge in [0.25, 0.3) is 0 Å². The fourth-order valence-electron chi connectivity index (χ4n) is 2.21. The van der Waals surface area contributed by atoms with Crippen LogP contribution in [0.25, 0.3) is 0 Å². The molecule has 0 amide bonds. The standard InChI is InChI=1S/C12H23ClO4S/c1-2-5-11(10-18(13,14)15)8-16-9-12-6-3-4-7-17-12/h11-12H,2-10H2,1H3. The molecule has 0 bridgehead atoms. The van der Waals surface area contributed by atoms with Crippen LogP contribution in [-0.4, -0.2) is 40.1 Å². The van der Waals surface area contributed by atoms with E-state index in [9.17, 15) is 8.42 Å². The zero-order valence-electron chi connectivity index (χ0n) is 10.9. The van der Waals surface area contributed by atoms with E-state index >= 15 is 0 Å². The zero-order chi connectivity index (χ0) is 13.4. The second kappa shape index (κ2) is 8.35. The highest BCUT2D eigenvalue weighted by Gasteiger charge is 2.18. The van der Waals surface area contributed by atoms with Crippen LogP contribution >= 0.6 is 10.7 Å². The van der Waals surface area contributed by atoms with Gasteiger partial charge in [-0.3, -0.25) is 0 Å². The molecule has 4 nitrogen and oxygen atoms in total. The fourth-order valence-corrected chi connectivity index (χ4v) is 3.57. The van der Waals surface area contributed by atoms with Crippen molar-refractivity contribution in [1.82, 2.24) is 0 Å². The smallest absolute Gasteiger partial charge is 0.232 e. The first-order valence-corrected chi connectivity index (χ1v) is 9.10. The largest absolute Gasteiger partial charge is 0.378 e. The molecule has 2 unspecified atom stereocenters. The molecular formula is C12H23ClO4S. The van der Waals surface area contributed by atoms with E-state index in [0.29, 0.717) is 13.2 Å². The number of hydrogen-bond donors (Lipinski definition) is 0. The van der Waals surface area contributed by atoms with Crippen LogP contribution in [0.15, 0.2) is 0 Å². The minimum absolute atomic E-state index is 0.00603. The van der Waals surface area contributed by atoms with E-state index in [-0.39, 0.29) is 17.8 Å².